The zero-order chi connectivity index (χ0) is 13.5. The largest absolute Gasteiger partial charge is 0.369 e. The fourth-order valence-electron chi connectivity index (χ4n) is 1.59. The van der Waals surface area contributed by atoms with Gasteiger partial charge in [0.15, 0.2) is 5.82 Å². The van der Waals surface area contributed by atoms with Gasteiger partial charge in [0.1, 0.15) is 18.0 Å². The molecule has 2 N–H and O–H groups in total. The molecule has 0 aromatic carbocycles. The van der Waals surface area contributed by atoms with Gasteiger partial charge in [0.05, 0.1) is 12.4 Å². The summed E-state index contributed by atoms with van der Waals surface area (Å²) in [4.78, 5) is 12.7. The van der Waals surface area contributed by atoms with Crippen LogP contribution in [0.1, 0.15) is 19.2 Å². The first kappa shape index (κ1) is 13.3. The molecule has 2 aromatic rings. The molecule has 0 saturated heterocycles. The molecule has 0 spiro atoms. The van der Waals surface area contributed by atoms with Crippen LogP contribution in [0.4, 0.5) is 11.6 Å². The summed E-state index contributed by atoms with van der Waals surface area (Å²) >= 11 is 0. The Morgan fingerprint density at radius 2 is 1.89 bits per heavy atom. The molecule has 2 heterocycles. The Kier molecular flexibility index (Phi) is 4.66. The van der Waals surface area contributed by atoms with E-state index in [0.29, 0.717) is 0 Å². The van der Waals surface area contributed by atoms with Gasteiger partial charge in [-0.25, -0.2) is 9.97 Å². The average molecular weight is 261 g/mol. The topological polar surface area (TPSA) is 80.5 Å². The third-order valence-corrected chi connectivity index (χ3v) is 2.49. The lowest BCUT2D eigenvalue weighted by Crippen LogP contribution is -2.09. The SMILES string of the molecule is CCCNc1cncc(NCCc2ncn(C)n2)n1. The number of aromatic nitrogens is 5. The molecule has 0 aliphatic heterocycles. The van der Waals surface area contributed by atoms with Gasteiger partial charge in [-0.3, -0.25) is 9.67 Å². The smallest absolute Gasteiger partial charge is 0.152 e. The van der Waals surface area contributed by atoms with Crippen LogP contribution in [-0.2, 0) is 13.5 Å². The molecule has 7 heteroatoms. The standard InChI is InChI=1S/C12H19N7/c1-3-5-14-11-7-13-8-12(17-11)15-6-4-10-16-9-19(2)18-10/h7-9H,3-6H2,1-2H3,(H2,14,15,17). The van der Waals surface area contributed by atoms with Crippen LogP contribution in [0.15, 0.2) is 18.7 Å². The molecule has 7 nitrogen and oxygen atoms in total. The molecule has 0 aliphatic rings. The summed E-state index contributed by atoms with van der Waals surface area (Å²) in [6.45, 7) is 3.74. The predicted octanol–water partition coefficient (Wildman–Crippen LogP) is 1.08. The normalized spacial score (nSPS) is 10.4. The van der Waals surface area contributed by atoms with E-state index in [1.165, 1.54) is 0 Å². The van der Waals surface area contributed by atoms with Crippen molar-refractivity contribution in [2.45, 2.75) is 19.8 Å². The first-order valence-corrected chi connectivity index (χ1v) is 6.42. The Bertz CT molecular complexity index is 508. The molecule has 0 atom stereocenters. The third-order valence-electron chi connectivity index (χ3n) is 2.49. The lowest BCUT2D eigenvalue weighted by Gasteiger charge is -2.07. The third kappa shape index (κ3) is 4.20. The minimum atomic E-state index is 0.732. The Morgan fingerprint density at radius 3 is 2.53 bits per heavy atom. The molecule has 0 amide bonds. The van der Waals surface area contributed by atoms with Crippen molar-refractivity contribution >= 4 is 11.6 Å². The summed E-state index contributed by atoms with van der Waals surface area (Å²) in [5, 5.41) is 10.6. The van der Waals surface area contributed by atoms with Gasteiger partial charge in [0, 0.05) is 26.6 Å². The Hall–Kier alpha value is -2.18. The molecule has 0 radical (unpaired) electrons. The van der Waals surface area contributed by atoms with Gasteiger partial charge in [0.2, 0.25) is 0 Å². The fraction of sp³-hybridized carbons (Fsp3) is 0.500. The fourth-order valence-corrected chi connectivity index (χ4v) is 1.59. The van der Waals surface area contributed by atoms with Crippen molar-refractivity contribution < 1.29 is 0 Å². The second-order valence-electron chi connectivity index (χ2n) is 4.23. The lowest BCUT2D eigenvalue weighted by atomic mass is 10.4. The molecule has 0 fully saturated rings. The second kappa shape index (κ2) is 6.67. The van der Waals surface area contributed by atoms with Crippen LogP contribution >= 0.6 is 0 Å². The summed E-state index contributed by atoms with van der Waals surface area (Å²) < 4.78 is 1.70. The van der Waals surface area contributed by atoms with Crippen LogP contribution in [-0.4, -0.2) is 37.8 Å². The van der Waals surface area contributed by atoms with E-state index in [1.54, 1.807) is 23.4 Å². The predicted molar refractivity (Wildman–Crippen MR) is 74.0 cm³/mol. The van der Waals surface area contributed by atoms with Gasteiger partial charge in [0.25, 0.3) is 0 Å². The molecule has 0 aliphatic carbocycles. The maximum absolute atomic E-state index is 4.42. The van der Waals surface area contributed by atoms with Crippen molar-refractivity contribution in [3.63, 3.8) is 0 Å². The second-order valence-corrected chi connectivity index (χ2v) is 4.23. The van der Waals surface area contributed by atoms with Gasteiger partial charge < -0.3 is 10.6 Å². The van der Waals surface area contributed by atoms with Gasteiger partial charge in [-0.1, -0.05) is 6.92 Å². The first-order valence-electron chi connectivity index (χ1n) is 6.42. The van der Waals surface area contributed by atoms with Crippen molar-refractivity contribution in [1.82, 2.24) is 24.7 Å². The Labute approximate surface area is 112 Å². The van der Waals surface area contributed by atoms with Crippen LogP contribution in [0.2, 0.25) is 0 Å². The highest BCUT2D eigenvalue weighted by Gasteiger charge is 2.00. The van der Waals surface area contributed by atoms with E-state index < -0.39 is 0 Å². The monoisotopic (exact) mass is 261 g/mol. The molecule has 0 saturated carbocycles. The van der Waals surface area contributed by atoms with E-state index in [1.807, 2.05) is 7.05 Å². The molecule has 19 heavy (non-hydrogen) atoms. The van der Waals surface area contributed by atoms with Crippen molar-refractivity contribution in [2.24, 2.45) is 7.05 Å². The zero-order valence-corrected chi connectivity index (χ0v) is 11.3. The summed E-state index contributed by atoms with van der Waals surface area (Å²) in [5.74, 6) is 2.38. The highest BCUT2D eigenvalue weighted by molar-refractivity contribution is 5.41. The van der Waals surface area contributed by atoms with Crippen molar-refractivity contribution in [3.05, 3.63) is 24.5 Å². The number of nitrogens with one attached hydrogen (secondary N) is 2. The van der Waals surface area contributed by atoms with E-state index in [-0.39, 0.29) is 0 Å². The molecule has 2 rings (SSSR count). The molecular weight excluding hydrogens is 242 g/mol. The number of rotatable bonds is 7. The zero-order valence-electron chi connectivity index (χ0n) is 11.3. The van der Waals surface area contributed by atoms with Crippen molar-refractivity contribution in [1.29, 1.82) is 0 Å². The van der Waals surface area contributed by atoms with Gasteiger partial charge in [-0.2, -0.15) is 5.10 Å². The summed E-state index contributed by atoms with van der Waals surface area (Å²) in [5.41, 5.74) is 0. The van der Waals surface area contributed by atoms with E-state index in [0.717, 1.165) is 43.4 Å². The maximum atomic E-state index is 4.42. The van der Waals surface area contributed by atoms with Gasteiger partial charge >= 0.3 is 0 Å². The number of hydrogen-bond acceptors (Lipinski definition) is 6. The Morgan fingerprint density at radius 1 is 1.16 bits per heavy atom. The highest BCUT2D eigenvalue weighted by Crippen LogP contribution is 2.06. The molecule has 2 aromatic heterocycles. The first-order chi connectivity index (χ1) is 9.28. The summed E-state index contributed by atoms with van der Waals surface area (Å²) in [6, 6.07) is 0. The van der Waals surface area contributed by atoms with E-state index >= 15 is 0 Å². The molecule has 0 unspecified atom stereocenters. The van der Waals surface area contributed by atoms with Crippen LogP contribution in [0, 0.1) is 0 Å². The number of hydrogen-bond donors (Lipinski definition) is 2. The summed E-state index contributed by atoms with van der Waals surface area (Å²) in [6.07, 6.45) is 6.95. The van der Waals surface area contributed by atoms with Crippen molar-refractivity contribution in [3.8, 4) is 0 Å². The van der Waals surface area contributed by atoms with Crippen molar-refractivity contribution in [2.75, 3.05) is 23.7 Å². The van der Waals surface area contributed by atoms with Crippen LogP contribution in [0.25, 0.3) is 0 Å². The maximum Gasteiger partial charge on any atom is 0.152 e. The van der Waals surface area contributed by atoms with Crippen LogP contribution in [0.5, 0.6) is 0 Å². The summed E-state index contributed by atoms with van der Waals surface area (Å²) in [7, 11) is 1.86. The minimum Gasteiger partial charge on any atom is -0.369 e. The minimum absolute atomic E-state index is 0.732. The van der Waals surface area contributed by atoms with E-state index in [4.69, 9.17) is 0 Å². The highest BCUT2D eigenvalue weighted by atomic mass is 15.3. The van der Waals surface area contributed by atoms with Crippen LogP contribution < -0.4 is 10.6 Å². The quantitative estimate of drug-likeness (QED) is 0.776. The molecule has 0 bridgehead atoms. The van der Waals surface area contributed by atoms with Crippen LogP contribution in [0.3, 0.4) is 0 Å². The molecule has 102 valence electrons. The molecular formula is C12H19N7. The average Bonchev–Trinajstić information content (AvgIpc) is 2.83. The number of aryl methyl sites for hydroxylation is 1. The number of anilines is 2. The van der Waals surface area contributed by atoms with E-state index in [9.17, 15) is 0 Å². The lowest BCUT2D eigenvalue weighted by molar-refractivity contribution is 0.741. The van der Waals surface area contributed by atoms with E-state index in [2.05, 4.69) is 37.6 Å². The van der Waals surface area contributed by atoms with Gasteiger partial charge in [-0.15, -0.1) is 0 Å². The van der Waals surface area contributed by atoms with Gasteiger partial charge in [-0.05, 0) is 6.42 Å². The number of nitrogens with zero attached hydrogens (tertiary/aromatic N) is 5. The Balaban J connectivity index is 1.82.